The quantitative estimate of drug-likeness (QED) is 0.108. The summed E-state index contributed by atoms with van der Waals surface area (Å²) in [5.41, 5.74) is 0.883. The average Bonchev–Trinajstić information content (AvgIpc) is 3.21. The molecular formula is C29H48Na2O10S2. The molecule has 14 heteroatoms. The minimum Gasteiger partial charge on any atom is -0.726 e. The van der Waals surface area contributed by atoms with Crippen molar-refractivity contribution in [2.75, 3.05) is 13.2 Å². The second kappa shape index (κ2) is 15.7. The minimum absolute atomic E-state index is 0. The predicted molar refractivity (Wildman–Crippen MR) is 150 cm³/mol. The van der Waals surface area contributed by atoms with Crippen LogP contribution in [0.4, 0.5) is 0 Å². The number of aliphatic hydroxyl groups is 2. The van der Waals surface area contributed by atoms with Gasteiger partial charge in [-0.25, -0.2) is 16.8 Å². The van der Waals surface area contributed by atoms with Gasteiger partial charge in [-0.2, -0.15) is 0 Å². The van der Waals surface area contributed by atoms with E-state index in [9.17, 15) is 36.2 Å². The zero-order valence-corrected chi connectivity index (χ0v) is 32.4. The van der Waals surface area contributed by atoms with E-state index in [-0.39, 0.29) is 107 Å². The zero-order chi connectivity index (χ0) is 30.4. The van der Waals surface area contributed by atoms with Crippen LogP contribution in [0.2, 0.25) is 0 Å². The Morgan fingerprint density at radius 3 is 2.09 bits per heavy atom. The van der Waals surface area contributed by atoms with Crippen LogP contribution < -0.4 is 59.1 Å². The summed E-state index contributed by atoms with van der Waals surface area (Å²) in [5.74, 6) is 1.40. The van der Waals surface area contributed by atoms with Crippen LogP contribution in [0.1, 0.15) is 91.9 Å². The molecule has 0 heterocycles. The molecule has 0 bridgehead atoms. The van der Waals surface area contributed by atoms with E-state index in [0.29, 0.717) is 43.4 Å². The summed E-state index contributed by atoms with van der Waals surface area (Å²) in [6, 6.07) is 0. The summed E-state index contributed by atoms with van der Waals surface area (Å²) >= 11 is 0. The van der Waals surface area contributed by atoms with Gasteiger partial charge < -0.3 is 19.3 Å². The van der Waals surface area contributed by atoms with Gasteiger partial charge in [0, 0.05) is 0 Å². The van der Waals surface area contributed by atoms with E-state index in [1.165, 1.54) is 0 Å². The van der Waals surface area contributed by atoms with E-state index < -0.39 is 33.0 Å². The van der Waals surface area contributed by atoms with Crippen molar-refractivity contribution in [3.63, 3.8) is 0 Å². The topological polar surface area (TPSA) is 173 Å². The Labute approximate surface area is 303 Å². The van der Waals surface area contributed by atoms with Gasteiger partial charge in [0.25, 0.3) is 0 Å². The molecule has 10 atom stereocenters. The van der Waals surface area contributed by atoms with Crippen molar-refractivity contribution >= 4 is 20.8 Å². The van der Waals surface area contributed by atoms with E-state index in [1.54, 1.807) is 0 Å². The fourth-order valence-electron chi connectivity index (χ4n) is 10.0. The molecule has 0 saturated heterocycles. The molecule has 0 aromatic rings. The van der Waals surface area contributed by atoms with Gasteiger partial charge in [-0.05, 0) is 116 Å². The van der Waals surface area contributed by atoms with Gasteiger partial charge in [0.15, 0.2) is 0 Å². The summed E-state index contributed by atoms with van der Waals surface area (Å²) < 4.78 is 77.7. The summed E-state index contributed by atoms with van der Waals surface area (Å²) in [7, 11) is -9.72. The molecule has 4 aliphatic carbocycles. The summed E-state index contributed by atoms with van der Waals surface area (Å²) in [4.78, 5) is 0. The van der Waals surface area contributed by atoms with Crippen LogP contribution in [-0.4, -0.2) is 61.6 Å². The molecule has 0 aromatic heterocycles. The van der Waals surface area contributed by atoms with Crippen LogP contribution in [0, 0.1) is 52.3 Å². The first-order valence-electron chi connectivity index (χ1n) is 15.2. The Morgan fingerprint density at radius 2 is 1.51 bits per heavy atom. The molecule has 10 nitrogen and oxygen atoms in total. The Bertz CT molecular complexity index is 1180. The number of aliphatic hydroxyl groups excluding tert-OH is 2. The zero-order valence-electron chi connectivity index (χ0n) is 26.7. The fourth-order valence-corrected chi connectivity index (χ4v) is 10.9. The monoisotopic (exact) mass is 666 g/mol. The van der Waals surface area contributed by atoms with Gasteiger partial charge in [0.05, 0.1) is 19.3 Å². The molecule has 0 aromatic carbocycles. The molecule has 3 unspecified atom stereocenters. The van der Waals surface area contributed by atoms with Crippen LogP contribution in [0.25, 0.3) is 0 Å². The SMILES string of the molecule is CC(C)/C(=C/CO)CC[C@@H](COS(=O)(=O)[O-])[C@H]1CCC2C3CC[C@@H]4[C@H](O)[C@H](OS(=O)(=O)[O-])CC[C@]4(C)C3CC[C@@]21C.[Na+].[Na+]. The first-order valence-corrected chi connectivity index (χ1v) is 17.9. The molecule has 2 N–H and O–H groups in total. The maximum atomic E-state index is 11.4. The summed E-state index contributed by atoms with van der Waals surface area (Å²) in [5, 5.41) is 20.6. The maximum Gasteiger partial charge on any atom is 1.00 e. The molecule has 4 fully saturated rings. The summed E-state index contributed by atoms with van der Waals surface area (Å²) in [6.07, 6.45) is 7.69. The summed E-state index contributed by atoms with van der Waals surface area (Å²) in [6.45, 7) is 8.49. The Morgan fingerprint density at radius 1 is 0.907 bits per heavy atom. The van der Waals surface area contributed by atoms with E-state index in [1.807, 2.05) is 6.08 Å². The molecule has 0 spiro atoms. The van der Waals surface area contributed by atoms with Gasteiger partial charge in [-0.3, -0.25) is 8.37 Å². The van der Waals surface area contributed by atoms with Crippen molar-refractivity contribution in [3.8, 4) is 0 Å². The van der Waals surface area contributed by atoms with Crippen LogP contribution in [0.15, 0.2) is 11.6 Å². The average molecular weight is 667 g/mol. The maximum absolute atomic E-state index is 11.4. The second-order valence-electron chi connectivity index (χ2n) is 14.0. The predicted octanol–water partition coefficient (Wildman–Crippen LogP) is -2.08. The number of fused-ring (bicyclic) bond motifs is 5. The van der Waals surface area contributed by atoms with Crippen LogP contribution >= 0.6 is 0 Å². The molecule has 4 rings (SSSR count). The standard InChI is InChI=1S/C29H50O10S2.2Na/c1-18(2)19(13-16-30)5-6-20(17-38-40(32,33)34)22-9-10-23-21-7-8-25-27(31)26(39-41(35,36)37)12-15-29(25,4)24(21)11-14-28(22,23)3;;/h13,18,20-27,30-31H,5-12,14-17H2,1-4H3,(H,32,33,34)(H,35,36,37);;/q;2*+1/p-2/b19-13+;;/t20-,21?,22+,23?,24?,25+,26+,27-,28+,29+;;/m0../s1. The molecule has 0 radical (unpaired) electrons. The minimum atomic E-state index is -4.90. The second-order valence-corrected chi connectivity index (χ2v) is 16.0. The van der Waals surface area contributed by atoms with Gasteiger partial charge in [0.1, 0.15) is 6.10 Å². The first-order chi connectivity index (χ1) is 19.0. The molecule has 238 valence electrons. The third-order valence-corrected chi connectivity index (χ3v) is 12.8. The van der Waals surface area contributed by atoms with Gasteiger partial charge in [-0.1, -0.05) is 39.3 Å². The third-order valence-electron chi connectivity index (χ3n) is 11.9. The molecule has 0 aliphatic heterocycles. The van der Waals surface area contributed by atoms with Crippen molar-refractivity contribution < 1.29 is 104 Å². The van der Waals surface area contributed by atoms with Crippen LogP contribution in [0.3, 0.4) is 0 Å². The molecule has 0 amide bonds. The Kier molecular flexibility index (Phi) is 14.9. The molecule has 4 aliphatic rings. The first kappa shape index (κ1) is 40.6. The van der Waals surface area contributed by atoms with Gasteiger partial charge in [0.2, 0.25) is 20.8 Å². The van der Waals surface area contributed by atoms with E-state index in [0.717, 1.165) is 44.1 Å². The molecule has 4 saturated carbocycles. The normalized spacial score (nSPS) is 38.7. The van der Waals surface area contributed by atoms with Crippen molar-refractivity contribution in [1.82, 2.24) is 0 Å². The van der Waals surface area contributed by atoms with E-state index in [4.69, 9.17) is 8.37 Å². The van der Waals surface area contributed by atoms with Gasteiger partial charge in [-0.15, -0.1) is 0 Å². The van der Waals surface area contributed by atoms with Crippen LogP contribution in [-0.2, 0) is 29.2 Å². The largest absolute Gasteiger partial charge is 1.00 e. The van der Waals surface area contributed by atoms with Crippen molar-refractivity contribution in [3.05, 3.63) is 11.6 Å². The third kappa shape index (κ3) is 9.10. The Balaban J connectivity index is 0.00000323. The van der Waals surface area contributed by atoms with Gasteiger partial charge >= 0.3 is 59.1 Å². The fraction of sp³-hybridized carbons (Fsp3) is 0.931. The number of allylic oxidation sites excluding steroid dienone is 1. The molecular weight excluding hydrogens is 618 g/mol. The number of hydrogen-bond acceptors (Lipinski definition) is 10. The van der Waals surface area contributed by atoms with Crippen molar-refractivity contribution in [2.24, 2.45) is 52.3 Å². The number of rotatable bonds is 11. The van der Waals surface area contributed by atoms with Crippen molar-refractivity contribution in [2.45, 2.75) is 104 Å². The van der Waals surface area contributed by atoms with Crippen molar-refractivity contribution in [1.29, 1.82) is 0 Å². The van der Waals surface area contributed by atoms with Crippen LogP contribution in [0.5, 0.6) is 0 Å². The number of hydrogen-bond donors (Lipinski definition) is 2. The van der Waals surface area contributed by atoms with E-state index >= 15 is 0 Å². The molecule has 43 heavy (non-hydrogen) atoms. The smallest absolute Gasteiger partial charge is 0.726 e. The van der Waals surface area contributed by atoms with E-state index in [2.05, 4.69) is 27.7 Å². The Hall–Kier alpha value is 1.40.